The number of anilines is 3. The first-order chi connectivity index (χ1) is 19.9. The van der Waals surface area contributed by atoms with E-state index in [0.717, 1.165) is 35.3 Å². The Bertz CT molecular complexity index is 1570. The van der Waals surface area contributed by atoms with Crippen LogP contribution in [0.3, 0.4) is 0 Å². The maximum Gasteiger partial charge on any atom is 0.413 e. The van der Waals surface area contributed by atoms with Crippen LogP contribution in [0.2, 0.25) is 0 Å². The third-order valence-corrected chi connectivity index (χ3v) is 7.17. The summed E-state index contributed by atoms with van der Waals surface area (Å²) < 4.78 is 5.72. The van der Waals surface area contributed by atoms with Crippen LogP contribution < -0.4 is 31.7 Å². The smallest absolute Gasteiger partial charge is 0.397 e. The average molecular weight is 571 g/mol. The number of thiazole rings is 1. The molecule has 11 heteroatoms. The predicted molar refractivity (Wildman–Crippen MR) is 159 cm³/mol. The Morgan fingerprint density at radius 3 is 2.59 bits per heavy atom. The second-order valence-corrected chi connectivity index (χ2v) is 10.6. The fourth-order valence-corrected chi connectivity index (χ4v) is 4.82. The number of hydrogen-bond acceptors (Lipinski definition) is 8. The van der Waals surface area contributed by atoms with E-state index in [2.05, 4.69) is 21.3 Å². The highest BCUT2D eigenvalue weighted by Gasteiger charge is 2.24. The number of ether oxygens (including phenoxy) is 1. The van der Waals surface area contributed by atoms with Gasteiger partial charge in [0.1, 0.15) is 5.69 Å². The normalized spacial score (nSPS) is 12.3. The maximum absolute atomic E-state index is 12.8. The number of rotatable bonds is 10. The number of benzene rings is 3. The Kier molecular flexibility index (Phi) is 8.56. The van der Waals surface area contributed by atoms with Crippen molar-refractivity contribution in [3.63, 3.8) is 0 Å². The molecule has 0 saturated heterocycles. The van der Waals surface area contributed by atoms with Crippen LogP contribution in [0.1, 0.15) is 34.3 Å². The predicted octanol–water partition coefficient (Wildman–Crippen LogP) is 4.94. The van der Waals surface area contributed by atoms with E-state index in [9.17, 15) is 14.4 Å². The van der Waals surface area contributed by atoms with Gasteiger partial charge in [-0.3, -0.25) is 9.59 Å². The van der Waals surface area contributed by atoms with Crippen molar-refractivity contribution in [1.29, 1.82) is 0 Å². The Balaban J connectivity index is 1.41. The van der Waals surface area contributed by atoms with Crippen LogP contribution in [-0.2, 0) is 11.3 Å². The lowest BCUT2D eigenvalue weighted by atomic mass is 10.1. The molecular weight excluding hydrogens is 540 g/mol. The summed E-state index contributed by atoms with van der Waals surface area (Å²) in [4.78, 5) is 41.9. The number of amides is 3. The quantitative estimate of drug-likeness (QED) is 0.181. The molecule has 1 aliphatic carbocycles. The molecule has 0 unspecified atom stereocenters. The van der Waals surface area contributed by atoms with Gasteiger partial charge in [0.05, 0.1) is 6.54 Å². The number of aryl methyl sites for hydroxylation is 1. The van der Waals surface area contributed by atoms with Crippen LogP contribution in [0.15, 0.2) is 72.8 Å². The number of carbonyl (C=O) groups is 3. The summed E-state index contributed by atoms with van der Waals surface area (Å²) >= 11 is 1.15. The number of nitrogens with one attached hydrogen (secondary N) is 4. The summed E-state index contributed by atoms with van der Waals surface area (Å²) in [6.07, 6.45) is 1.38. The van der Waals surface area contributed by atoms with Crippen molar-refractivity contribution < 1.29 is 19.1 Å². The first kappa shape index (κ1) is 27.8. The van der Waals surface area contributed by atoms with Crippen LogP contribution in [0, 0.1) is 6.92 Å². The van der Waals surface area contributed by atoms with Crippen molar-refractivity contribution >= 4 is 45.8 Å². The first-order valence-corrected chi connectivity index (χ1v) is 14.0. The van der Waals surface area contributed by atoms with Gasteiger partial charge in [-0.15, -0.1) is 0 Å². The summed E-state index contributed by atoms with van der Waals surface area (Å²) in [5.41, 5.74) is 10.1. The van der Waals surface area contributed by atoms with E-state index in [0.29, 0.717) is 39.9 Å². The first-order valence-electron chi connectivity index (χ1n) is 13.2. The van der Waals surface area contributed by atoms with Gasteiger partial charge in [0, 0.05) is 35.1 Å². The van der Waals surface area contributed by atoms with Crippen LogP contribution in [0.5, 0.6) is 5.06 Å². The molecule has 5 rings (SSSR count). The fourth-order valence-electron chi connectivity index (χ4n) is 3.97. The molecule has 1 fully saturated rings. The average Bonchev–Trinajstić information content (AvgIpc) is 3.71. The van der Waals surface area contributed by atoms with E-state index >= 15 is 0 Å². The standard InChI is InChI=1S/C30H30N6O4S/c1-18-10-11-21(27(38)34-22-12-13-22)15-24(18)35-29-36-26(20-8-5-9-23(14-20)33-25(37)16-31)28(41-29)40-30(39)32-17-19-6-3-2-4-7-19/h2-11,14-15,22H,12-13,16-17,31H2,1H3,(H,32,39)(H,33,37)(H,34,38)(H,35,36). The molecule has 0 bridgehead atoms. The molecule has 1 heterocycles. The van der Waals surface area contributed by atoms with Gasteiger partial charge in [0.25, 0.3) is 5.91 Å². The van der Waals surface area contributed by atoms with Gasteiger partial charge >= 0.3 is 6.09 Å². The third-order valence-electron chi connectivity index (χ3n) is 6.32. The van der Waals surface area contributed by atoms with E-state index in [-0.39, 0.29) is 29.5 Å². The largest absolute Gasteiger partial charge is 0.413 e. The zero-order chi connectivity index (χ0) is 28.8. The Morgan fingerprint density at radius 1 is 1.02 bits per heavy atom. The minimum absolute atomic E-state index is 0.120. The third kappa shape index (κ3) is 7.47. The molecule has 0 atom stereocenters. The lowest BCUT2D eigenvalue weighted by Gasteiger charge is -2.10. The summed E-state index contributed by atoms with van der Waals surface area (Å²) in [7, 11) is 0. The molecule has 0 spiro atoms. The number of nitrogens with zero attached hydrogens (tertiary/aromatic N) is 1. The summed E-state index contributed by atoms with van der Waals surface area (Å²) in [6.45, 7) is 2.08. The fraction of sp³-hybridized carbons (Fsp3) is 0.200. The molecule has 0 radical (unpaired) electrons. The Labute approximate surface area is 241 Å². The molecule has 6 N–H and O–H groups in total. The van der Waals surface area contributed by atoms with Crippen molar-refractivity contribution in [2.75, 3.05) is 17.2 Å². The zero-order valence-electron chi connectivity index (χ0n) is 22.4. The zero-order valence-corrected chi connectivity index (χ0v) is 23.2. The summed E-state index contributed by atoms with van der Waals surface area (Å²) in [6, 6.07) is 22.2. The Hall–Kier alpha value is -4.74. The van der Waals surface area contributed by atoms with Crippen molar-refractivity contribution in [3.05, 3.63) is 89.5 Å². The molecule has 0 aliphatic heterocycles. The lowest BCUT2D eigenvalue weighted by Crippen LogP contribution is -2.26. The van der Waals surface area contributed by atoms with Gasteiger partial charge in [-0.2, -0.15) is 0 Å². The molecule has 1 aliphatic rings. The number of aromatic nitrogens is 1. The molecular formula is C30H30N6O4S. The second-order valence-electron chi connectivity index (χ2n) is 9.62. The summed E-state index contributed by atoms with van der Waals surface area (Å²) in [5, 5.41) is 12.5. The van der Waals surface area contributed by atoms with Crippen molar-refractivity contribution in [2.45, 2.75) is 32.4 Å². The molecule has 41 heavy (non-hydrogen) atoms. The van der Waals surface area contributed by atoms with Crippen molar-refractivity contribution in [1.82, 2.24) is 15.6 Å². The van der Waals surface area contributed by atoms with Crippen LogP contribution in [0.4, 0.5) is 21.3 Å². The molecule has 10 nitrogen and oxygen atoms in total. The van der Waals surface area contributed by atoms with E-state index in [1.165, 1.54) is 0 Å². The van der Waals surface area contributed by atoms with E-state index in [1.54, 1.807) is 36.4 Å². The highest BCUT2D eigenvalue weighted by atomic mass is 32.1. The summed E-state index contributed by atoms with van der Waals surface area (Å²) in [5.74, 6) is -0.452. The SMILES string of the molecule is Cc1ccc(C(=O)NC2CC2)cc1Nc1nc(-c2cccc(NC(=O)CN)c2)c(OC(=O)NCc2ccccc2)s1. The molecule has 3 aromatic carbocycles. The van der Waals surface area contributed by atoms with Crippen molar-refractivity contribution in [3.8, 4) is 16.3 Å². The lowest BCUT2D eigenvalue weighted by molar-refractivity contribution is -0.114. The minimum atomic E-state index is -0.632. The Morgan fingerprint density at radius 2 is 1.83 bits per heavy atom. The second kappa shape index (κ2) is 12.6. The maximum atomic E-state index is 12.8. The van der Waals surface area contributed by atoms with E-state index in [1.807, 2.05) is 43.3 Å². The van der Waals surface area contributed by atoms with Gasteiger partial charge in [-0.25, -0.2) is 9.78 Å². The molecule has 1 saturated carbocycles. The van der Waals surface area contributed by atoms with Crippen LogP contribution in [0.25, 0.3) is 11.3 Å². The molecule has 1 aromatic heterocycles. The van der Waals surface area contributed by atoms with E-state index < -0.39 is 6.09 Å². The molecule has 4 aromatic rings. The highest BCUT2D eigenvalue weighted by molar-refractivity contribution is 7.18. The number of carbonyl (C=O) groups excluding carboxylic acids is 3. The van der Waals surface area contributed by atoms with Crippen LogP contribution >= 0.6 is 11.3 Å². The number of hydrogen-bond donors (Lipinski definition) is 5. The van der Waals surface area contributed by atoms with Gasteiger partial charge < -0.3 is 31.7 Å². The number of nitrogens with two attached hydrogens (primary N) is 1. The van der Waals surface area contributed by atoms with Gasteiger partial charge in [0.2, 0.25) is 11.0 Å². The highest BCUT2D eigenvalue weighted by Crippen LogP contribution is 2.40. The minimum Gasteiger partial charge on any atom is -0.397 e. The molecule has 3 amide bonds. The van der Waals surface area contributed by atoms with Gasteiger partial charge in [-0.1, -0.05) is 59.9 Å². The topological polar surface area (TPSA) is 147 Å². The monoisotopic (exact) mass is 570 g/mol. The van der Waals surface area contributed by atoms with Gasteiger partial charge in [0.15, 0.2) is 5.13 Å². The van der Waals surface area contributed by atoms with Crippen molar-refractivity contribution in [2.24, 2.45) is 5.73 Å². The molecule has 210 valence electrons. The van der Waals surface area contributed by atoms with Crippen LogP contribution in [-0.4, -0.2) is 35.5 Å². The van der Waals surface area contributed by atoms with E-state index in [4.69, 9.17) is 15.5 Å². The van der Waals surface area contributed by atoms with Gasteiger partial charge in [-0.05, 0) is 55.2 Å².